The van der Waals surface area contributed by atoms with E-state index in [-0.39, 0.29) is 23.6 Å². The van der Waals surface area contributed by atoms with Gasteiger partial charge in [-0.15, -0.1) is 0 Å². The maximum Gasteiger partial charge on any atom is 0.410 e. The van der Waals surface area contributed by atoms with Crippen LogP contribution in [0.4, 0.5) is 16.3 Å². The molecular weight excluding hydrogens is 654 g/mol. The van der Waals surface area contributed by atoms with Crippen LogP contribution in [0.1, 0.15) is 50.3 Å². The Hall–Kier alpha value is -6.03. The van der Waals surface area contributed by atoms with Crippen molar-refractivity contribution < 1.29 is 24.1 Å². The Bertz CT molecular complexity index is 2000. The highest BCUT2D eigenvalue weighted by atomic mass is 16.6. The average molecular weight is 700 g/mol. The molecule has 268 valence electrons. The summed E-state index contributed by atoms with van der Waals surface area (Å²) in [4.78, 5) is 19.8. The first-order valence-electron chi connectivity index (χ1n) is 17.4. The van der Waals surface area contributed by atoms with Gasteiger partial charge in [0.25, 0.3) is 0 Å². The van der Waals surface area contributed by atoms with E-state index >= 15 is 0 Å². The number of amides is 1. The number of aromatic hydroxyl groups is 1. The summed E-state index contributed by atoms with van der Waals surface area (Å²) in [5.74, 6) is 2.50. The molecule has 1 aliphatic rings. The number of nitrogens with zero attached hydrogens (tertiary/aromatic N) is 2. The van der Waals surface area contributed by atoms with Gasteiger partial charge in [0.2, 0.25) is 0 Å². The number of para-hydroxylation sites is 1. The Morgan fingerprint density at radius 2 is 1.65 bits per heavy atom. The summed E-state index contributed by atoms with van der Waals surface area (Å²) in [6.07, 6.45) is 3.09. The van der Waals surface area contributed by atoms with E-state index in [2.05, 4.69) is 10.6 Å². The molecule has 5 aromatic rings. The molecule has 4 N–H and O–H groups in total. The number of rotatable bonds is 11. The van der Waals surface area contributed by atoms with Crippen molar-refractivity contribution in [3.8, 4) is 34.1 Å². The van der Waals surface area contributed by atoms with E-state index in [1.165, 1.54) is 0 Å². The standard InChI is InChI=1S/C42H45N5O5/c1-42(2,3)52-41(49)47-23-11-14-31(27-47)46-39-35(28-12-7-5-8-13-28)26-45-40(44-25-30-17-20-32(48)24-36(30)50-4)37(39)38(43)29-18-21-34(22-19-29)51-33-15-9-6-10-16-33/h5-10,12-13,15-22,24,26,31,43,48H,11,14,23,25,27H2,1-4H3,(H2,44,45,46). The van der Waals surface area contributed by atoms with Crippen LogP contribution in [0.15, 0.2) is 109 Å². The Kier molecular flexibility index (Phi) is 10.9. The number of nitrogens with one attached hydrogen (secondary N) is 3. The fourth-order valence-electron chi connectivity index (χ4n) is 6.18. The maximum absolute atomic E-state index is 13.1. The number of hydrogen-bond acceptors (Lipinski definition) is 9. The molecule has 1 saturated heterocycles. The molecule has 1 unspecified atom stereocenters. The summed E-state index contributed by atoms with van der Waals surface area (Å²) in [6.45, 7) is 6.98. The second-order valence-corrected chi connectivity index (χ2v) is 13.7. The Morgan fingerprint density at radius 1 is 0.962 bits per heavy atom. The van der Waals surface area contributed by atoms with E-state index in [4.69, 9.17) is 19.2 Å². The number of ether oxygens (including phenoxy) is 3. The number of phenols is 1. The third kappa shape index (κ3) is 8.81. The van der Waals surface area contributed by atoms with Crippen molar-refractivity contribution in [1.82, 2.24) is 9.88 Å². The molecule has 1 amide bonds. The van der Waals surface area contributed by atoms with Crippen LogP contribution >= 0.6 is 0 Å². The van der Waals surface area contributed by atoms with Gasteiger partial charge in [-0.25, -0.2) is 9.78 Å². The van der Waals surface area contributed by atoms with Gasteiger partial charge in [0.1, 0.15) is 34.4 Å². The molecule has 0 bridgehead atoms. The highest BCUT2D eigenvalue weighted by Crippen LogP contribution is 2.38. The Balaban J connectivity index is 1.41. The quantitative estimate of drug-likeness (QED) is 0.101. The second-order valence-electron chi connectivity index (χ2n) is 13.7. The van der Waals surface area contributed by atoms with Crippen LogP contribution in [0.3, 0.4) is 0 Å². The highest BCUT2D eigenvalue weighted by molar-refractivity contribution is 6.18. The van der Waals surface area contributed by atoms with E-state index < -0.39 is 5.60 Å². The number of hydrogen-bond donors (Lipinski definition) is 4. The van der Waals surface area contributed by atoms with Gasteiger partial charge in [-0.1, -0.05) is 48.5 Å². The van der Waals surface area contributed by atoms with Gasteiger partial charge in [-0.3, -0.25) is 5.41 Å². The minimum atomic E-state index is -0.603. The smallest absolute Gasteiger partial charge is 0.410 e. The zero-order valence-electron chi connectivity index (χ0n) is 30.0. The number of phenolic OH excluding ortho intramolecular Hbond substituents is 1. The number of piperidine rings is 1. The van der Waals surface area contributed by atoms with Crippen molar-refractivity contribution in [1.29, 1.82) is 5.41 Å². The predicted octanol–water partition coefficient (Wildman–Crippen LogP) is 9.09. The van der Waals surface area contributed by atoms with Gasteiger partial charge in [0, 0.05) is 54.6 Å². The molecule has 1 aromatic heterocycles. The summed E-state index contributed by atoms with van der Waals surface area (Å²) in [5, 5.41) is 27.0. The van der Waals surface area contributed by atoms with Crippen LogP contribution in [-0.2, 0) is 11.3 Å². The third-order valence-electron chi connectivity index (χ3n) is 8.67. The average Bonchev–Trinajstić information content (AvgIpc) is 3.14. The fraction of sp³-hybridized carbons (Fsp3) is 0.262. The van der Waals surface area contributed by atoms with E-state index in [0.717, 1.165) is 41.0 Å². The number of aromatic nitrogens is 1. The van der Waals surface area contributed by atoms with Gasteiger partial charge in [-0.2, -0.15) is 0 Å². The van der Waals surface area contributed by atoms with Gasteiger partial charge in [0.15, 0.2) is 0 Å². The summed E-state index contributed by atoms with van der Waals surface area (Å²) < 4.78 is 17.3. The summed E-state index contributed by atoms with van der Waals surface area (Å²) in [7, 11) is 1.56. The Labute approximate surface area is 304 Å². The maximum atomic E-state index is 13.1. The molecule has 10 heteroatoms. The molecule has 6 rings (SSSR count). The fourth-order valence-corrected chi connectivity index (χ4v) is 6.18. The molecule has 1 atom stereocenters. The molecule has 1 aliphatic heterocycles. The first-order chi connectivity index (χ1) is 25.1. The molecule has 4 aromatic carbocycles. The van der Waals surface area contributed by atoms with Crippen molar-refractivity contribution in [2.75, 3.05) is 30.8 Å². The minimum absolute atomic E-state index is 0.104. The van der Waals surface area contributed by atoms with Gasteiger partial charge in [-0.05, 0) is 87.7 Å². The zero-order valence-corrected chi connectivity index (χ0v) is 30.0. The predicted molar refractivity (Wildman–Crippen MR) is 205 cm³/mol. The molecule has 0 saturated carbocycles. The van der Waals surface area contributed by atoms with E-state index in [1.54, 1.807) is 30.2 Å². The number of likely N-dealkylation sites (tertiary alicyclic amines) is 1. The van der Waals surface area contributed by atoms with Crippen LogP contribution in [0.25, 0.3) is 11.1 Å². The molecule has 52 heavy (non-hydrogen) atoms. The van der Waals surface area contributed by atoms with Crippen molar-refractivity contribution in [2.45, 2.75) is 51.8 Å². The molecule has 0 aliphatic carbocycles. The first kappa shape index (κ1) is 35.8. The van der Waals surface area contributed by atoms with Gasteiger partial charge in [0.05, 0.1) is 24.1 Å². The van der Waals surface area contributed by atoms with E-state index in [0.29, 0.717) is 48.1 Å². The summed E-state index contributed by atoms with van der Waals surface area (Å²) >= 11 is 0. The lowest BCUT2D eigenvalue weighted by molar-refractivity contribution is 0.0206. The normalized spacial score (nSPS) is 14.3. The summed E-state index contributed by atoms with van der Waals surface area (Å²) in [5.41, 5.74) is 4.18. The van der Waals surface area contributed by atoms with Crippen molar-refractivity contribution >= 4 is 23.3 Å². The summed E-state index contributed by atoms with van der Waals surface area (Å²) in [6, 6.07) is 31.8. The largest absolute Gasteiger partial charge is 0.508 e. The molecule has 2 heterocycles. The second kappa shape index (κ2) is 15.9. The van der Waals surface area contributed by atoms with Crippen molar-refractivity contribution in [2.24, 2.45) is 0 Å². The SMILES string of the molecule is COc1cc(O)ccc1CNc1ncc(-c2ccccc2)c(NC2CCCN(C(=O)OC(C)(C)C)C2)c1C(=N)c1ccc(Oc2ccccc2)cc1. The molecule has 0 spiro atoms. The van der Waals surface area contributed by atoms with Crippen LogP contribution in [0.5, 0.6) is 23.0 Å². The van der Waals surface area contributed by atoms with Gasteiger partial charge >= 0.3 is 6.09 Å². The van der Waals surface area contributed by atoms with Crippen LogP contribution in [0, 0.1) is 5.41 Å². The number of methoxy groups -OCH3 is 1. The van der Waals surface area contributed by atoms with Crippen molar-refractivity contribution in [3.05, 3.63) is 126 Å². The number of pyridine rings is 1. The highest BCUT2D eigenvalue weighted by Gasteiger charge is 2.30. The van der Waals surface area contributed by atoms with Crippen LogP contribution in [0.2, 0.25) is 0 Å². The van der Waals surface area contributed by atoms with Crippen LogP contribution < -0.4 is 20.1 Å². The zero-order chi connectivity index (χ0) is 36.7. The third-order valence-corrected chi connectivity index (χ3v) is 8.67. The van der Waals surface area contributed by atoms with E-state index in [1.807, 2.05) is 112 Å². The topological polar surface area (TPSA) is 129 Å². The first-order valence-corrected chi connectivity index (χ1v) is 17.4. The number of carbonyl (C=O) groups is 1. The number of carbonyl (C=O) groups excluding carboxylic acids is 1. The van der Waals surface area contributed by atoms with Gasteiger partial charge < -0.3 is 34.9 Å². The Morgan fingerprint density at radius 3 is 2.35 bits per heavy atom. The lowest BCUT2D eigenvalue weighted by atomic mass is 9.94. The number of anilines is 2. The van der Waals surface area contributed by atoms with Crippen LogP contribution in [-0.4, -0.2) is 58.6 Å². The lowest BCUT2D eigenvalue weighted by Crippen LogP contribution is -2.47. The van der Waals surface area contributed by atoms with E-state index in [9.17, 15) is 15.3 Å². The molecular formula is C42H45N5O5. The molecule has 0 radical (unpaired) electrons. The minimum Gasteiger partial charge on any atom is -0.508 e. The lowest BCUT2D eigenvalue weighted by Gasteiger charge is -2.35. The molecule has 1 fully saturated rings. The monoisotopic (exact) mass is 699 g/mol. The molecule has 10 nitrogen and oxygen atoms in total. The number of benzene rings is 4. The van der Waals surface area contributed by atoms with Crippen molar-refractivity contribution in [3.63, 3.8) is 0 Å².